The molecule has 6 nitrogen and oxygen atoms in total. The van der Waals surface area contributed by atoms with Gasteiger partial charge in [0.15, 0.2) is 5.11 Å². The normalized spacial score (nSPS) is 10.8. The molecule has 0 aliphatic heterocycles. The number of rotatable bonds is 6. The van der Waals surface area contributed by atoms with Crippen LogP contribution in [0.25, 0.3) is 17.4 Å². The molecule has 0 saturated carbocycles. The van der Waals surface area contributed by atoms with Crippen molar-refractivity contribution in [1.29, 1.82) is 0 Å². The summed E-state index contributed by atoms with van der Waals surface area (Å²) in [5, 5.41) is 9.65. The third kappa shape index (κ3) is 7.24. The molecule has 0 radical (unpaired) electrons. The van der Waals surface area contributed by atoms with E-state index >= 15 is 0 Å². The number of benzene rings is 3. The van der Waals surface area contributed by atoms with Gasteiger partial charge in [0.25, 0.3) is 5.91 Å². The Hall–Kier alpha value is -3.62. The molecule has 0 unspecified atom stereocenters. The smallest absolute Gasteiger partial charge is 0.257 e. The Morgan fingerprint density at radius 1 is 0.868 bits per heavy atom. The molecule has 4 aromatic rings. The van der Waals surface area contributed by atoms with E-state index in [4.69, 9.17) is 51.4 Å². The lowest BCUT2D eigenvalue weighted by molar-refractivity contribution is -0.115. The third-order valence-corrected chi connectivity index (χ3v) is 6.43. The summed E-state index contributed by atoms with van der Waals surface area (Å²) in [6.45, 7) is 1.92. The van der Waals surface area contributed by atoms with Crippen molar-refractivity contribution in [3.63, 3.8) is 0 Å². The number of carbonyl (C=O) groups excluding carboxylic acids is 2. The molecule has 0 aliphatic rings. The molecule has 10 heteroatoms. The molecule has 0 bridgehead atoms. The molecule has 0 aliphatic carbocycles. The van der Waals surface area contributed by atoms with Gasteiger partial charge in [-0.15, -0.1) is 0 Å². The molecule has 0 saturated heterocycles. The van der Waals surface area contributed by atoms with E-state index in [0.29, 0.717) is 32.9 Å². The van der Waals surface area contributed by atoms with E-state index in [2.05, 4.69) is 16.0 Å². The van der Waals surface area contributed by atoms with Gasteiger partial charge in [-0.25, -0.2) is 0 Å². The summed E-state index contributed by atoms with van der Waals surface area (Å²) >= 11 is 23.4. The van der Waals surface area contributed by atoms with Crippen molar-refractivity contribution in [2.24, 2.45) is 0 Å². The lowest BCUT2D eigenvalue weighted by atomic mass is 10.1. The van der Waals surface area contributed by atoms with Crippen molar-refractivity contribution < 1.29 is 14.0 Å². The molecule has 3 N–H and O–H groups in total. The highest BCUT2D eigenvalue weighted by Crippen LogP contribution is 2.27. The SMILES string of the molecule is Cc1ccc(-c2ccc(/C=C/C(=O)NC(=S)Nc3cccc(NC(=O)c4ccc(Cl)cc4Cl)c3)o2)cc1Cl. The minimum absolute atomic E-state index is 0.0818. The van der Waals surface area contributed by atoms with E-state index in [9.17, 15) is 9.59 Å². The van der Waals surface area contributed by atoms with Crippen LogP contribution < -0.4 is 16.0 Å². The van der Waals surface area contributed by atoms with Crippen molar-refractivity contribution >= 4 is 81.4 Å². The van der Waals surface area contributed by atoms with Gasteiger partial charge in [-0.1, -0.05) is 53.0 Å². The molecule has 192 valence electrons. The number of amides is 2. The van der Waals surface area contributed by atoms with Crippen LogP contribution in [0.5, 0.6) is 0 Å². The number of hydrogen-bond acceptors (Lipinski definition) is 4. The highest BCUT2D eigenvalue weighted by Gasteiger charge is 2.12. The molecule has 3 aromatic carbocycles. The van der Waals surface area contributed by atoms with E-state index in [-0.39, 0.29) is 15.7 Å². The number of nitrogens with one attached hydrogen (secondary N) is 3. The summed E-state index contributed by atoms with van der Waals surface area (Å²) in [6.07, 6.45) is 2.85. The van der Waals surface area contributed by atoms with Crippen LogP contribution in [0.15, 0.2) is 83.3 Å². The van der Waals surface area contributed by atoms with E-state index in [1.165, 1.54) is 18.2 Å². The molecular formula is C28H20Cl3N3O3S. The molecular weight excluding hydrogens is 565 g/mol. The summed E-state index contributed by atoms with van der Waals surface area (Å²) < 4.78 is 5.78. The van der Waals surface area contributed by atoms with Crippen LogP contribution in [0.1, 0.15) is 21.7 Å². The van der Waals surface area contributed by atoms with Gasteiger partial charge in [-0.3, -0.25) is 14.9 Å². The Bertz CT molecular complexity index is 1570. The Labute approximate surface area is 239 Å². The molecule has 0 spiro atoms. The second-order valence-corrected chi connectivity index (χ2v) is 9.76. The van der Waals surface area contributed by atoms with Gasteiger partial charge < -0.3 is 15.1 Å². The third-order valence-electron chi connectivity index (χ3n) is 5.27. The molecule has 38 heavy (non-hydrogen) atoms. The molecule has 1 heterocycles. The highest BCUT2D eigenvalue weighted by molar-refractivity contribution is 7.80. The maximum atomic E-state index is 12.6. The molecule has 4 rings (SSSR count). The number of aryl methyl sites for hydroxylation is 1. The first-order chi connectivity index (χ1) is 18.2. The highest BCUT2D eigenvalue weighted by atomic mass is 35.5. The lowest BCUT2D eigenvalue weighted by Gasteiger charge is -2.11. The zero-order valence-electron chi connectivity index (χ0n) is 19.8. The number of carbonyl (C=O) groups is 2. The standard InChI is InChI=1S/C28H20Cl3N3O3S/c1-16-5-6-17(13-23(16)30)25-11-8-21(37-25)9-12-26(35)34-28(38)33-20-4-2-3-19(15-20)32-27(36)22-10-7-18(29)14-24(22)31/h2-15H,1H3,(H,32,36)(H2,33,34,35,38)/b12-9+. The van der Waals surface area contributed by atoms with E-state index < -0.39 is 11.8 Å². The van der Waals surface area contributed by atoms with Crippen LogP contribution in [0, 0.1) is 6.92 Å². The summed E-state index contributed by atoms with van der Waals surface area (Å²) in [5.74, 6) is 0.293. The first kappa shape index (κ1) is 27.4. The van der Waals surface area contributed by atoms with Gasteiger partial charge in [0.05, 0.1) is 10.6 Å². The summed E-state index contributed by atoms with van der Waals surface area (Å²) in [6, 6.07) is 20.7. The molecule has 0 fully saturated rings. The molecule has 1 aromatic heterocycles. The van der Waals surface area contributed by atoms with Gasteiger partial charge in [-0.05, 0) is 85.4 Å². The average Bonchev–Trinajstić information content (AvgIpc) is 3.33. The van der Waals surface area contributed by atoms with Crippen LogP contribution in [0.3, 0.4) is 0 Å². The molecule has 0 atom stereocenters. The van der Waals surface area contributed by atoms with Crippen LogP contribution >= 0.6 is 47.0 Å². The van der Waals surface area contributed by atoms with E-state index in [0.717, 1.165) is 11.1 Å². The predicted octanol–water partition coefficient (Wildman–Crippen LogP) is 7.99. The van der Waals surface area contributed by atoms with Gasteiger partial charge in [0, 0.05) is 33.1 Å². The number of anilines is 2. The average molecular weight is 585 g/mol. The Morgan fingerprint density at radius 2 is 1.63 bits per heavy atom. The van der Waals surface area contributed by atoms with Crippen molar-refractivity contribution in [2.45, 2.75) is 6.92 Å². The van der Waals surface area contributed by atoms with Gasteiger partial charge in [-0.2, -0.15) is 0 Å². The van der Waals surface area contributed by atoms with E-state index in [1.54, 1.807) is 48.5 Å². The number of furan rings is 1. The number of hydrogen-bond donors (Lipinski definition) is 3. The predicted molar refractivity (Wildman–Crippen MR) is 158 cm³/mol. The van der Waals surface area contributed by atoms with Crippen LogP contribution in [0.2, 0.25) is 15.1 Å². The number of halogens is 3. The zero-order valence-corrected chi connectivity index (χ0v) is 22.9. The maximum Gasteiger partial charge on any atom is 0.257 e. The lowest BCUT2D eigenvalue weighted by Crippen LogP contribution is -2.32. The van der Waals surface area contributed by atoms with Crippen molar-refractivity contribution in [3.05, 3.63) is 111 Å². The van der Waals surface area contributed by atoms with Crippen LogP contribution in [-0.2, 0) is 4.79 Å². The fourth-order valence-electron chi connectivity index (χ4n) is 3.36. The molecule has 2 amide bonds. The second-order valence-electron chi connectivity index (χ2n) is 8.10. The Morgan fingerprint density at radius 3 is 2.37 bits per heavy atom. The van der Waals surface area contributed by atoms with Crippen molar-refractivity contribution in [1.82, 2.24) is 5.32 Å². The topological polar surface area (TPSA) is 83.4 Å². The first-order valence-corrected chi connectivity index (χ1v) is 12.7. The van der Waals surface area contributed by atoms with Crippen LogP contribution in [-0.4, -0.2) is 16.9 Å². The monoisotopic (exact) mass is 583 g/mol. The van der Waals surface area contributed by atoms with E-state index in [1.807, 2.05) is 25.1 Å². The van der Waals surface area contributed by atoms with Crippen molar-refractivity contribution in [2.75, 3.05) is 10.6 Å². The summed E-state index contributed by atoms with van der Waals surface area (Å²) in [7, 11) is 0. The zero-order chi connectivity index (χ0) is 27.2. The van der Waals surface area contributed by atoms with Gasteiger partial charge in [0.1, 0.15) is 11.5 Å². The minimum Gasteiger partial charge on any atom is -0.457 e. The van der Waals surface area contributed by atoms with Gasteiger partial charge in [0.2, 0.25) is 5.91 Å². The maximum absolute atomic E-state index is 12.6. The van der Waals surface area contributed by atoms with Crippen LogP contribution in [0.4, 0.5) is 11.4 Å². The Kier molecular flexibility index (Phi) is 8.86. The largest absolute Gasteiger partial charge is 0.457 e. The van der Waals surface area contributed by atoms with Gasteiger partial charge >= 0.3 is 0 Å². The minimum atomic E-state index is -0.444. The number of thiocarbonyl (C=S) groups is 1. The fourth-order valence-corrected chi connectivity index (χ4v) is 4.26. The Balaban J connectivity index is 1.32. The second kappa shape index (κ2) is 12.3. The fraction of sp³-hybridized carbons (Fsp3) is 0.0357. The summed E-state index contributed by atoms with van der Waals surface area (Å²) in [4.78, 5) is 24.9. The quantitative estimate of drug-likeness (QED) is 0.158. The first-order valence-electron chi connectivity index (χ1n) is 11.2. The summed E-state index contributed by atoms with van der Waals surface area (Å²) in [5.41, 5.74) is 3.16. The van der Waals surface area contributed by atoms with Crippen molar-refractivity contribution in [3.8, 4) is 11.3 Å².